The molecule has 2 heterocycles. The highest BCUT2D eigenvalue weighted by Gasteiger charge is 2.26. The SMILES string of the molecule is CCc1cnc(OC2CCC(C(N)=S)CC2)nc1.S=PP(P=S)P=S=S=S=S=S=S=S=S.[C-]#[N+]C1CCC(Oc2ncc(CC)cn2)CC1. The lowest BCUT2D eigenvalue weighted by molar-refractivity contribution is 0.132. The summed E-state index contributed by atoms with van der Waals surface area (Å²) in [5.41, 5.74) is 7.91. The van der Waals surface area contributed by atoms with Crippen molar-refractivity contribution in [2.45, 2.75) is 96.3 Å². The number of nitrogens with two attached hydrogens (primary N) is 1. The first-order valence-electron chi connectivity index (χ1n) is 14.9. The maximum atomic E-state index is 6.99. The Hall–Kier alpha value is 0.670. The summed E-state index contributed by atoms with van der Waals surface area (Å²) in [7, 11) is 15.2. The predicted molar refractivity (Wildman–Crippen MR) is 241 cm³/mol. The molecule has 2 aliphatic carbocycles. The molecule has 2 aromatic heterocycles. The minimum Gasteiger partial charge on any atom is -0.460 e. The minimum atomic E-state index is -0.151. The summed E-state index contributed by atoms with van der Waals surface area (Å²) < 4.78 is 11.5. The lowest BCUT2D eigenvalue weighted by atomic mass is 9.87. The second kappa shape index (κ2) is 29.1. The van der Waals surface area contributed by atoms with Crippen molar-refractivity contribution in [2.24, 2.45) is 11.7 Å². The van der Waals surface area contributed by atoms with Gasteiger partial charge in [-0.05, 0) is 136 Å². The second-order valence-electron chi connectivity index (χ2n) is 10.1. The van der Waals surface area contributed by atoms with E-state index in [2.05, 4.69) is 38.6 Å². The minimum absolute atomic E-state index is 0.151. The Kier molecular flexibility index (Phi) is 27.2. The molecule has 268 valence electrons. The van der Waals surface area contributed by atoms with Crippen LogP contribution in [0, 0.1) is 12.5 Å². The molecule has 0 bridgehead atoms. The molecule has 49 heavy (non-hydrogen) atoms. The number of ether oxygens (including phenoxy) is 2. The third-order valence-corrected chi connectivity index (χ3v) is 41.1. The molecule has 8 nitrogen and oxygen atoms in total. The van der Waals surface area contributed by atoms with E-state index in [4.69, 9.17) is 68.8 Å². The van der Waals surface area contributed by atoms with Crippen molar-refractivity contribution in [1.82, 2.24) is 19.9 Å². The zero-order chi connectivity index (χ0) is 35.7. The van der Waals surface area contributed by atoms with Gasteiger partial charge in [0, 0.05) is 64.7 Å². The Labute approximate surface area is 336 Å². The zero-order valence-corrected chi connectivity index (χ0v) is 39.2. The summed E-state index contributed by atoms with van der Waals surface area (Å²) in [5.74, 6) is 0.378. The maximum absolute atomic E-state index is 6.99. The van der Waals surface area contributed by atoms with Crippen molar-refractivity contribution < 1.29 is 9.47 Å². The summed E-state index contributed by atoms with van der Waals surface area (Å²) in [4.78, 5) is 21.0. The lowest BCUT2D eigenvalue weighted by Crippen LogP contribution is -2.30. The average Bonchev–Trinajstić information content (AvgIpc) is 3.14. The quantitative estimate of drug-likeness (QED) is 0.142. The number of hydrogen-bond donors (Lipinski definition) is 1. The number of hydrogen-bond acceptors (Lipinski definition) is 10. The highest BCUT2D eigenvalue weighted by Crippen LogP contribution is 2.69. The lowest BCUT2D eigenvalue weighted by Gasteiger charge is -2.27. The van der Waals surface area contributed by atoms with Crippen LogP contribution in [0.25, 0.3) is 4.85 Å². The van der Waals surface area contributed by atoms with E-state index in [1.54, 1.807) is 44.4 Å². The van der Waals surface area contributed by atoms with Gasteiger partial charge in [0.2, 0.25) is 6.04 Å². The third kappa shape index (κ3) is 20.6. The highest BCUT2D eigenvalue weighted by molar-refractivity contribution is 8.87. The average molecular weight is 941 g/mol. The molecule has 0 atom stereocenters. The van der Waals surface area contributed by atoms with Crippen LogP contribution < -0.4 is 15.2 Å². The van der Waals surface area contributed by atoms with Crippen LogP contribution in [0.15, 0.2) is 24.8 Å². The fourth-order valence-corrected chi connectivity index (χ4v) is 39.9. The molecule has 23 heteroatoms. The summed E-state index contributed by atoms with van der Waals surface area (Å²) in [5, 5.41) is 0. The molecule has 2 aromatic rings. The predicted octanol–water partition coefficient (Wildman–Crippen LogP) is 8.33. The molecule has 2 saturated carbocycles. The van der Waals surface area contributed by atoms with Gasteiger partial charge in [0.1, 0.15) is 12.2 Å². The summed E-state index contributed by atoms with van der Waals surface area (Å²) in [6, 6.07) is 1.14. The Morgan fingerprint density at radius 1 is 0.816 bits per heavy atom. The Morgan fingerprint density at radius 2 is 1.27 bits per heavy atom. The Bertz CT molecular complexity index is 1690. The first-order chi connectivity index (χ1) is 23.8. The van der Waals surface area contributed by atoms with Crippen molar-refractivity contribution in [2.75, 3.05) is 0 Å². The molecular weight excluding hydrogens is 905 g/mol. The first kappa shape index (κ1) is 45.8. The Balaban J connectivity index is 0.000000258. The van der Waals surface area contributed by atoms with Gasteiger partial charge in [-0.3, -0.25) is 0 Å². The van der Waals surface area contributed by atoms with Crippen LogP contribution in [0.4, 0.5) is 0 Å². The molecule has 4 rings (SSSR count). The molecule has 0 aromatic carbocycles. The molecule has 2 N–H and O–H groups in total. The van der Waals surface area contributed by atoms with E-state index in [0.717, 1.165) is 89.4 Å². The van der Waals surface area contributed by atoms with Crippen molar-refractivity contribution in [1.29, 1.82) is 0 Å². The van der Waals surface area contributed by atoms with E-state index in [1.807, 2.05) is 34.3 Å². The van der Waals surface area contributed by atoms with Crippen LogP contribution in [-0.2, 0) is 110 Å². The van der Waals surface area contributed by atoms with Crippen LogP contribution in [0.2, 0.25) is 0 Å². The normalized spacial score (nSPS) is 20.3. The van der Waals surface area contributed by atoms with Crippen molar-refractivity contribution in [3.05, 3.63) is 47.3 Å². The topological polar surface area (TPSA) is 100 Å². The van der Waals surface area contributed by atoms with Crippen molar-refractivity contribution in [3.8, 4) is 12.0 Å². The smallest absolute Gasteiger partial charge is 0.316 e. The summed E-state index contributed by atoms with van der Waals surface area (Å²) in [6.45, 7) is 11.0. The van der Waals surface area contributed by atoms with Gasteiger partial charge in [0.15, 0.2) is 0 Å². The first-order valence-corrected chi connectivity index (χ1v) is 33.8. The summed E-state index contributed by atoms with van der Waals surface area (Å²) in [6.07, 6.45) is 17.2. The molecule has 0 unspecified atom stereocenters. The van der Waals surface area contributed by atoms with Gasteiger partial charge in [-0.1, -0.05) is 49.7 Å². The molecule has 0 radical (unpaired) electrons. The molecule has 0 spiro atoms. The fourth-order valence-electron chi connectivity index (χ4n) is 4.37. The number of rotatable bonds is 10. The van der Waals surface area contributed by atoms with Gasteiger partial charge in [0.25, 0.3) is 0 Å². The fraction of sp³-hybridized carbons (Fsp3) is 0.615. The van der Waals surface area contributed by atoms with Crippen molar-refractivity contribution in [3.63, 3.8) is 0 Å². The van der Waals surface area contributed by atoms with Gasteiger partial charge < -0.3 is 20.1 Å². The molecule has 2 fully saturated rings. The highest BCUT2D eigenvalue weighted by atomic mass is 33.4. The maximum Gasteiger partial charge on any atom is 0.316 e. The third-order valence-electron chi connectivity index (χ3n) is 7.05. The molecule has 0 aliphatic heterocycles. The van der Waals surface area contributed by atoms with E-state index >= 15 is 0 Å². The summed E-state index contributed by atoms with van der Waals surface area (Å²) >= 11 is 19.7. The van der Waals surface area contributed by atoms with Gasteiger partial charge >= 0.3 is 12.0 Å². The van der Waals surface area contributed by atoms with E-state index in [0.29, 0.717) is 22.9 Å². The van der Waals surface area contributed by atoms with Crippen LogP contribution >= 0.6 is 40.3 Å². The van der Waals surface area contributed by atoms with Crippen LogP contribution in [0.3, 0.4) is 0 Å². The van der Waals surface area contributed by atoms with E-state index in [9.17, 15) is 0 Å². The van der Waals surface area contributed by atoms with Crippen LogP contribution in [-0.4, -0.2) is 43.2 Å². The molecule has 0 saturated heterocycles. The van der Waals surface area contributed by atoms with Crippen molar-refractivity contribution >= 4 is 143 Å². The van der Waals surface area contributed by atoms with Crippen LogP contribution in [0.5, 0.6) is 12.0 Å². The van der Waals surface area contributed by atoms with Crippen LogP contribution in [0.1, 0.15) is 76.3 Å². The molecular formula is C26H36N6O2P4S11. The van der Waals surface area contributed by atoms with Gasteiger partial charge in [-0.25, -0.2) is 26.5 Å². The second-order valence-corrected chi connectivity index (χ2v) is 36.5. The van der Waals surface area contributed by atoms with E-state index in [-0.39, 0.29) is 25.2 Å². The van der Waals surface area contributed by atoms with Gasteiger partial charge in [0.05, 0.1) is 12.0 Å². The number of thiocarbonyl (C=S) groups is 1. The Morgan fingerprint density at radius 3 is 1.67 bits per heavy atom. The van der Waals surface area contributed by atoms with Gasteiger partial charge in [-0.15, -0.1) is 0 Å². The van der Waals surface area contributed by atoms with E-state index in [1.165, 1.54) is 15.9 Å². The monoisotopic (exact) mass is 940 g/mol. The molecule has 0 amide bonds. The molecule has 2 aliphatic rings. The van der Waals surface area contributed by atoms with Gasteiger partial charge in [-0.2, -0.15) is 0 Å². The number of aryl methyl sites for hydroxylation is 2. The standard InChI is InChI=1S/C13H19N3OS.C13H17N3O.P4S10/c1-2-9-7-15-13(16-8-9)17-11-5-3-10(4-6-11)12(14)18;1-3-10-8-15-13(16-9-10)17-12-6-4-11(14-2)5-7-12;5-1-4(2-6)3-8-10-12-14-13-11-9-7/h7-8,10-11H,2-6H2,1H3,(H2,14,18);8-9,11-12H,3-7H2,1H3;. The number of aromatic nitrogens is 4. The largest absolute Gasteiger partial charge is 0.460 e. The zero-order valence-electron chi connectivity index (χ0n) is 26.6. The van der Waals surface area contributed by atoms with E-state index < -0.39 is 0 Å². The number of nitrogens with zero attached hydrogens (tertiary/aromatic N) is 5.